The fourth-order valence-corrected chi connectivity index (χ4v) is 1.71. The second kappa shape index (κ2) is 6.38. The number of hydrogen-bond acceptors (Lipinski definition) is 5. The first-order valence-corrected chi connectivity index (χ1v) is 6.79. The summed E-state index contributed by atoms with van der Waals surface area (Å²) in [5.74, 6) is -0.855. The molecule has 116 valence electrons. The molecule has 22 heavy (non-hydrogen) atoms. The minimum absolute atomic E-state index is 0.145. The molecule has 2 rings (SSSR count). The molecule has 2 N–H and O–H groups in total. The average molecular weight is 303 g/mol. The molecule has 1 amide bonds. The molecule has 2 aromatic rings. The molecule has 0 saturated heterocycles. The molecule has 2 aromatic heterocycles. The zero-order valence-corrected chi connectivity index (χ0v) is 12.4. The van der Waals surface area contributed by atoms with E-state index in [2.05, 4.69) is 15.5 Å². The lowest BCUT2D eigenvalue weighted by Crippen LogP contribution is -2.32. The predicted octanol–water partition coefficient (Wildman–Crippen LogP) is 1.97. The molecule has 0 aliphatic heterocycles. The first kappa shape index (κ1) is 15.7. The summed E-state index contributed by atoms with van der Waals surface area (Å²) in [6.45, 7) is 3.46. The van der Waals surface area contributed by atoms with Crippen LogP contribution >= 0.6 is 0 Å². The highest BCUT2D eigenvalue weighted by Crippen LogP contribution is 2.20. The van der Waals surface area contributed by atoms with E-state index in [9.17, 15) is 9.59 Å². The highest BCUT2D eigenvalue weighted by Gasteiger charge is 2.26. The summed E-state index contributed by atoms with van der Waals surface area (Å²) in [6.07, 6.45) is 3.57. The van der Waals surface area contributed by atoms with E-state index >= 15 is 0 Å². The second-order valence-electron chi connectivity index (χ2n) is 5.51. The predicted molar refractivity (Wildman–Crippen MR) is 78.1 cm³/mol. The molecule has 0 unspecified atom stereocenters. The molecule has 0 aromatic carbocycles. The molecule has 0 aliphatic rings. The molecule has 0 fully saturated rings. The lowest BCUT2D eigenvalue weighted by Gasteiger charge is -2.18. The number of nitrogens with one attached hydrogen (secondary N) is 1. The van der Waals surface area contributed by atoms with E-state index in [-0.39, 0.29) is 12.2 Å². The van der Waals surface area contributed by atoms with E-state index in [1.807, 2.05) is 0 Å². The third-order valence-electron chi connectivity index (χ3n) is 3.30. The van der Waals surface area contributed by atoms with Gasteiger partial charge in [-0.15, -0.1) is 0 Å². The minimum Gasteiger partial charge on any atom is -0.481 e. The van der Waals surface area contributed by atoms with Gasteiger partial charge < -0.3 is 14.9 Å². The van der Waals surface area contributed by atoms with Crippen molar-refractivity contribution in [2.75, 3.05) is 6.54 Å². The number of amides is 1. The number of carbonyl (C=O) groups is 2. The van der Waals surface area contributed by atoms with Gasteiger partial charge in [-0.05, 0) is 32.4 Å². The van der Waals surface area contributed by atoms with E-state index in [1.165, 1.54) is 6.07 Å². The van der Waals surface area contributed by atoms with Gasteiger partial charge in [0.1, 0.15) is 0 Å². The van der Waals surface area contributed by atoms with Crippen molar-refractivity contribution in [2.45, 2.75) is 20.3 Å². The van der Waals surface area contributed by atoms with Gasteiger partial charge in [0, 0.05) is 30.6 Å². The Labute approximate surface area is 127 Å². The Morgan fingerprint density at radius 3 is 2.82 bits per heavy atom. The Kier molecular flexibility index (Phi) is 4.55. The van der Waals surface area contributed by atoms with Crippen LogP contribution < -0.4 is 5.32 Å². The van der Waals surface area contributed by atoms with Crippen LogP contribution in [-0.2, 0) is 4.79 Å². The average Bonchev–Trinajstić information content (AvgIpc) is 2.97. The molecule has 7 nitrogen and oxygen atoms in total. The molecule has 0 spiro atoms. The molecule has 2 heterocycles. The third-order valence-corrected chi connectivity index (χ3v) is 3.30. The number of carboxylic acids is 1. The monoisotopic (exact) mass is 303 g/mol. The van der Waals surface area contributed by atoms with Gasteiger partial charge in [-0.2, -0.15) is 0 Å². The van der Waals surface area contributed by atoms with Gasteiger partial charge in [0.15, 0.2) is 11.5 Å². The van der Waals surface area contributed by atoms with Crippen molar-refractivity contribution in [3.05, 3.63) is 36.3 Å². The van der Waals surface area contributed by atoms with Crippen LogP contribution in [0.4, 0.5) is 0 Å². The van der Waals surface area contributed by atoms with Gasteiger partial charge in [0.25, 0.3) is 5.91 Å². The van der Waals surface area contributed by atoms with Crippen LogP contribution in [0, 0.1) is 5.41 Å². The number of carbonyl (C=O) groups excluding carboxylic acids is 1. The molecule has 0 bridgehead atoms. The van der Waals surface area contributed by atoms with Crippen molar-refractivity contribution in [1.29, 1.82) is 0 Å². The fourth-order valence-electron chi connectivity index (χ4n) is 1.71. The molecule has 0 radical (unpaired) electrons. The van der Waals surface area contributed by atoms with Crippen molar-refractivity contribution < 1.29 is 19.2 Å². The SMILES string of the molecule is CC(C)(CCNC(=O)c1cc(-c2cccnc2)on1)C(=O)O. The number of rotatable bonds is 6. The number of aliphatic carboxylic acids is 1. The van der Waals surface area contributed by atoms with Gasteiger partial charge >= 0.3 is 5.97 Å². The summed E-state index contributed by atoms with van der Waals surface area (Å²) in [7, 11) is 0. The standard InChI is InChI=1S/C15H17N3O4/c1-15(2,14(20)21)5-7-17-13(19)11-8-12(22-18-11)10-4-3-6-16-9-10/h3-4,6,8-9H,5,7H2,1-2H3,(H,17,19)(H,20,21). The van der Waals surface area contributed by atoms with Crippen molar-refractivity contribution in [3.63, 3.8) is 0 Å². The number of aromatic nitrogens is 2. The Morgan fingerprint density at radius 1 is 1.41 bits per heavy atom. The highest BCUT2D eigenvalue weighted by molar-refractivity contribution is 5.93. The Morgan fingerprint density at radius 2 is 2.18 bits per heavy atom. The van der Waals surface area contributed by atoms with Crippen LogP contribution in [0.1, 0.15) is 30.8 Å². The third kappa shape index (κ3) is 3.69. The molecule has 0 saturated carbocycles. The molecular formula is C15H17N3O4. The van der Waals surface area contributed by atoms with Crippen LogP contribution in [0.25, 0.3) is 11.3 Å². The topological polar surface area (TPSA) is 105 Å². The van der Waals surface area contributed by atoms with Crippen molar-refractivity contribution in [2.24, 2.45) is 5.41 Å². The fraction of sp³-hybridized carbons (Fsp3) is 0.333. The van der Waals surface area contributed by atoms with Gasteiger partial charge in [0.05, 0.1) is 5.41 Å². The lowest BCUT2D eigenvalue weighted by molar-refractivity contribution is -0.147. The largest absolute Gasteiger partial charge is 0.481 e. The second-order valence-corrected chi connectivity index (χ2v) is 5.51. The quantitative estimate of drug-likeness (QED) is 0.845. The maximum absolute atomic E-state index is 11.9. The van der Waals surface area contributed by atoms with E-state index in [4.69, 9.17) is 9.63 Å². The summed E-state index contributed by atoms with van der Waals surface area (Å²) < 4.78 is 5.11. The summed E-state index contributed by atoms with van der Waals surface area (Å²) in [4.78, 5) is 26.9. The van der Waals surface area contributed by atoms with Gasteiger partial charge in [-0.25, -0.2) is 0 Å². The molecule has 0 atom stereocenters. The zero-order valence-electron chi connectivity index (χ0n) is 12.4. The number of pyridine rings is 1. The van der Waals surface area contributed by atoms with Crippen LogP contribution in [0.3, 0.4) is 0 Å². The van der Waals surface area contributed by atoms with E-state index in [0.717, 1.165) is 5.56 Å². The maximum atomic E-state index is 11.9. The van der Waals surface area contributed by atoms with Crippen LogP contribution in [-0.4, -0.2) is 33.7 Å². The lowest BCUT2D eigenvalue weighted by atomic mass is 9.90. The number of nitrogens with zero attached hydrogens (tertiary/aromatic N) is 2. The van der Waals surface area contributed by atoms with Crippen molar-refractivity contribution in [3.8, 4) is 11.3 Å². The van der Waals surface area contributed by atoms with Crippen LogP contribution in [0.15, 0.2) is 35.1 Å². The summed E-state index contributed by atoms with van der Waals surface area (Å²) in [6, 6.07) is 5.07. The minimum atomic E-state index is -0.901. The molecule has 0 aliphatic carbocycles. The maximum Gasteiger partial charge on any atom is 0.309 e. The first-order chi connectivity index (χ1) is 10.4. The van der Waals surface area contributed by atoms with Gasteiger partial charge in [-0.3, -0.25) is 14.6 Å². The smallest absolute Gasteiger partial charge is 0.309 e. The van der Waals surface area contributed by atoms with Gasteiger partial charge in [0.2, 0.25) is 0 Å². The summed E-state index contributed by atoms with van der Waals surface area (Å²) in [5.41, 5.74) is -0.0223. The highest BCUT2D eigenvalue weighted by atomic mass is 16.5. The molecule has 7 heteroatoms. The van der Waals surface area contributed by atoms with Crippen LogP contribution in [0.5, 0.6) is 0 Å². The summed E-state index contributed by atoms with van der Waals surface area (Å²) in [5, 5.41) is 15.4. The van der Waals surface area contributed by atoms with Gasteiger partial charge in [-0.1, -0.05) is 5.16 Å². The summed E-state index contributed by atoms with van der Waals surface area (Å²) >= 11 is 0. The molecular weight excluding hydrogens is 286 g/mol. The number of carboxylic acid groups (broad SMARTS) is 1. The normalized spacial score (nSPS) is 11.2. The van der Waals surface area contributed by atoms with Crippen molar-refractivity contribution in [1.82, 2.24) is 15.5 Å². The zero-order chi connectivity index (χ0) is 16.2. The van der Waals surface area contributed by atoms with Crippen LogP contribution in [0.2, 0.25) is 0 Å². The Bertz CT molecular complexity index is 664. The van der Waals surface area contributed by atoms with E-state index < -0.39 is 17.3 Å². The Hall–Kier alpha value is -2.70. The first-order valence-electron chi connectivity index (χ1n) is 6.79. The Balaban J connectivity index is 1.94. The van der Waals surface area contributed by atoms with E-state index in [0.29, 0.717) is 12.2 Å². The van der Waals surface area contributed by atoms with E-state index in [1.54, 1.807) is 38.4 Å². The number of hydrogen-bond donors (Lipinski definition) is 2. The van der Waals surface area contributed by atoms with Crippen molar-refractivity contribution >= 4 is 11.9 Å².